The third-order valence-corrected chi connectivity index (χ3v) is 5.29. The van der Waals surface area contributed by atoms with Crippen LogP contribution in [0.2, 0.25) is 0 Å². The van der Waals surface area contributed by atoms with Crippen molar-refractivity contribution in [2.45, 2.75) is 32.7 Å². The van der Waals surface area contributed by atoms with Crippen molar-refractivity contribution >= 4 is 5.91 Å². The summed E-state index contributed by atoms with van der Waals surface area (Å²) < 4.78 is 12.2. The van der Waals surface area contributed by atoms with Crippen molar-refractivity contribution in [1.82, 2.24) is 14.5 Å². The van der Waals surface area contributed by atoms with Gasteiger partial charge < -0.3 is 14.4 Å². The molecule has 0 saturated carbocycles. The number of carbonyl (C=O) groups excluding carboxylic acids is 1. The molecule has 0 bridgehead atoms. The van der Waals surface area contributed by atoms with Crippen LogP contribution in [0.4, 0.5) is 0 Å². The van der Waals surface area contributed by atoms with Crippen LogP contribution in [0.25, 0.3) is 0 Å². The number of ether oxygens (including phenoxy) is 2. The van der Waals surface area contributed by atoms with Crippen LogP contribution >= 0.6 is 0 Å². The van der Waals surface area contributed by atoms with Crippen LogP contribution in [0.3, 0.4) is 0 Å². The van der Waals surface area contributed by atoms with Gasteiger partial charge in [0.2, 0.25) is 12.7 Å². The quantitative estimate of drug-likeness (QED) is 0.822. The van der Waals surface area contributed by atoms with Crippen molar-refractivity contribution in [3.63, 3.8) is 0 Å². The Morgan fingerprint density at radius 2 is 2.15 bits per heavy atom. The maximum atomic E-state index is 12.7. The second kappa shape index (κ2) is 7.06. The Balaban J connectivity index is 1.44. The molecule has 3 heterocycles. The molecule has 2 aliphatic heterocycles. The van der Waals surface area contributed by atoms with E-state index in [0.29, 0.717) is 6.54 Å². The zero-order valence-electron chi connectivity index (χ0n) is 15.4. The van der Waals surface area contributed by atoms with E-state index in [9.17, 15) is 9.59 Å². The lowest BCUT2D eigenvalue weighted by Crippen LogP contribution is -2.47. The van der Waals surface area contributed by atoms with Crippen molar-refractivity contribution < 1.29 is 14.3 Å². The molecule has 142 valence electrons. The maximum absolute atomic E-state index is 12.7. The number of fused-ring (bicyclic) bond motifs is 1. The standard InChI is InChI=1S/C20H23N3O4/c1-20(11-15-4-5-16-17(10-15)27-14-26-16)6-2-8-23(13-20)18(24)12-22-9-3-7-21-19(22)25/h3-5,7,9-10H,2,6,8,11-14H2,1H3. The average molecular weight is 369 g/mol. The Labute approximate surface area is 157 Å². The molecule has 1 unspecified atom stereocenters. The fourth-order valence-corrected chi connectivity index (χ4v) is 3.97. The van der Waals surface area contributed by atoms with E-state index >= 15 is 0 Å². The lowest BCUT2D eigenvalue weighted by atomic mass is 9.77. The van der Waals surface area contributed by atoms with Gasteiger partial charge >= 0.3 is 5.69 Å². The number of benzene rings is 1. The van der Waals surface area contributed by atoms with Crippen molar-refractivity contribution in [3.8, 4) is 11.5 Å². The van der Waals surface area contributed by atoms with Gasteiger partial charge in [-0.1, -0.05) is 13.0 Å². The molecule has 1 aromatic carbocycles. The molecule has 1 saturated heterocycles. The van der Waals surface area contributed by atoms with Crippen molar-refractivity contribution in [2.24, 2.45) is 5.41 Å². The van der Waals surface area contributed by atoms with Crippen LogP contribution in [-0.2, 0) is 17.8 Å². The van der Waals surface area contributed by atoms with Gasteiger partial charge in [0, 0.05) is 25.5 Å². The lowest BCUT2D eigenvalue weighted by molar-refractivity contribution is -0.135. The molecule has 1 fully saturated rings. The Kier molecular flexibility index (Phi) is 4.59. The number of rotatable bonds is 4. The number of amides is 1. The fourth-order valence-electron chi connectivity index (χ4n) is 3.97. The number of nitrogens with zero attached hydrogens (tertiary/aromatic N) is 3. The van der Waals surface area contributed by atoms with E-state index in [1.807, 2.05) is 17.0 Å². The van der Waals surface area contributed by atoms with E-state index < -0.39 is 5.69 Å². The van der Waals surface area contributed by atoms with Crippen LogP contribution in [0.5, 0.6) is 11.5 Å². The number of hydrogen-bond acceptors (Lipinski definition) is 5. The summed E-state index contributed by atoms with van der Waals surface area (Å²) in [5.41, 5.74) is 0.770. The summed E-state index contributed by atoms with van der Waals surface area (Å²) in [7, 11) is 0. The number of likely N-dealkylation sites (tertiary alicyclic amines) is 1. The van der Waals surface area contributed by atoms with E-state index in [2.05, 4.69) is 18.0 Å². The van der Waals surface area contributed by atoms with Gasteiger partial charge in [-0.15, -0.1) is 0 Å². The topological polar surface area (TPSA) is 73.7 Å². The third-order valence-electron chi connectivity index (χ3n) is 5.29. The number of piperidine rings is 1. The normalized spacial score (nSPS) is 21.3. The third kappa shape index (κ3) is 3.82. The summed E-state index contributed by atoms with van der Waals surface area (Å²) in [6.07, 6.45) is 5.91. The number of aromatic nitrogens is 2. The Bertz CT molecular complexity index is 910. The number of hydrogen-bond donors (Lipinski definition) is 0. The maximum Gasteiger partial charge on any atom is 0.347 e. The van der Waals surface area contributed by atoms with Crippen molar-refractivity contribution in [1.29, 1.82) is 0 Å². The minimum atomic E-state index is -0.397. The molecule has 0 spiro atoms. The second-order valence-corrected chi connectivity index (χ2v) is 7.62. The smallest absolute Gasteiger partial charge is 0.347 e. The van der Waals surface area contributed by atoms with Gasteiger partial charge in [0.15, 0.2) is 11.5 Å². The highest BCUT2D eigenvalue weighted by atomic mass is 16.7. The minimum Gasteiger partial charge on any atom is -0.454 e. The second-order valence-electron chi connectivity index (χ2n) is 7.62. The minimum absolute atomic E-state index is 0.0124. The van der Waals surface area contributed by atoms with Crippen LogP contribution in [0.1, 0.15) is 25.3 Å². The van der Waals surface area contributed by atoms with Crippen LogP contribution < -0.4 is 15.2 Å². The summed E-state index contributed by atoms with van der Waals surface area (Å²) >= 11 is 0. The monoisotopic (exact) mass is 369 g/mol. The molecule has 0 aliphatic carbocycles. The van der Waals surface area contributed by atoms with Crippen molar-refractivity contribution in [3.05, 3.63) is 52.7 Å². The Morgan fingerprint density at radius 3 is 3.00 bits per heavy atom. The molecule has 2 aliphatic rings. The molecule has 7 heteroatoms. The fraction of sp³-hybridized carbons (Fsp3) is 0.450. The highest BCUT2D eigenvalue weighted by Crippen LogP contribution is 2.37. The molecule has 1 atom stereocenters. The van der Waals surface area contributed by atoms with Crippen LogP contribution in [-0.4, -0.2) is 40.2 Å². The van der Waals surface area contributed by atoms with Gasteiger partial charge in [0.05, 0.1) is 0 Å². The molecule has 2 aromatic rings. The van der Waals surface area contributed by atoms with Crippen molar-refractivity contribution in [2.75, 3.05) is 19.9 Å². The van der Waals surface area contributed by atoms with Gasteiger partial charge in [0.25, 0.3) is 0 Å². The Morgan fingerprint density at radius 1 is 1.30 bits per heavy atom. The Hall–Kier alpha value is -2.83. The molecule has 0 radical (unpaired) electrons. The summed E-state index contributed by atoms with van der Waals surface area (Å²) in [6.45, 7) is 3.92. The van der Waals surface area contributed by atoms with Gasteiger partial charge in [-0.3, -0.25) is 9.36 Å². The summed E-state index contributed by atoms with van der Waals surface area (Å²) in [5, 5.41) is 0. The van der Waals surface area contributed by atoms with E-state index in [1.165, 1.54) is 16.3 Å². The predicted molar refractivity (Wildman–Crippen MR) is 98.7 cm³/mol. The van der Waals surface area contributed by atoms with Crippen LogP contribution in [0, 0.1) is 5.41 Å². The highest BCUT2D eigenvalue weighted by molar-refractivity contribution is 5.76. The van der Waals surface area contributed by atoms with Gasteiger partial charge in [-0.2, -0.15) is 0 Å². The zero-order valence-corrected chi connectivity index (χ0v) is 15.4. The largest absolute Gasteiger partial charge is 0.454 e. The van der Waals surface area contributed by atoms with Gasteiger partial charge in [-0.05, 0) is 48.4 Å². The van der Waals surface area contributed by atoms with E-state index in [-0.39, 0.29) is 24.7 Å². The summed E-state index contributed by atoms with van der Waals surface area (Å²) in [5.74, 6) is 1.53. The first-order chi connectivity index (χ1) is 13.0. The van der Waals surface area contributed by atoms with Gasteiger partial charge in [-0.25, -0.2) is 9.78 Å². The first-order valence-electron chi connectivity index (χ1n) is 9.20. The zero-order chi connectivity index (χ0) is 18.9. The number of carbonyl (C=O) groups is 1. The SMILES string of the molecule is CC1(Cc2ccc3c(c2)OCO3)CCCN(C(=O)Cn2cccnc2=O)C1. The van der Waals surface area contributed by atoms with E-state index in [4.69, 9.17) is 9.47 Å². The average Bonchev–Trinajstić information content (AvgIpc) is 3.11. The molecule has 7 nitrogen and oxygen atoms in total. The molecular formula is C20H23N3O4. The highest BCUT2D eigenvalue weighted by Gasteiger charge is 2.33. The lowest BCUT2D eigenvalue weighted by Gasteiger charge is -2.41. The molecule has 1 aromatic heterocycles. The molecule has 0 N–H and O–H groups in total. The molecule has 27 heavy (non-hydrogen) atoms. The predicted octanol–water partition coefficient (Wildman–Crippen LogP) is 1.84. The molecular weight excluding hydrogens is 346 g/mol. The summed E-state index contributed by atoms with van der Waals surface area (Å²) in [6, 6.07) is 7.70. The summed E-state index contributed by atoms with van der Waals surface area (Å²) in [4.78, 5) is 30.0. The first-order valence-corrected chi connectivity index (χ1v) is 9.20. The van der Waals surface area contributed by atoms with Crippen LogP contribution in [0.15, 0.2) is 41.5 Å². The van der Waals surface area contributed by atoms with E-state index in [1.54, 1.807) is 12.3 Å². The van der Waals surface area contributed by atoms with E-state index in [0.717, 1.165) is 37.3 Å². The van der Waals surface area contributed by atoms with Gasteiger partial charge in [0.1, 0.15) is 6.54 Å². The molecule has 4 rings (SSSR count). The first kappa shape index (κ1) is 17.6. The molecule has 1 amide bonds.